The van der Waals surface area contributed by atoms with Crippen molar-refractivity contribution < 1.29 is 14.3 Å². The van der Waals surface area contributed by atoms with Crippen molar-refractivity contribution in [1.82, 2.24) is 19.9 Å². The van der Waals surface area contributed by atoms with E-state index in [9.17, 15) is 4.79 Å². The summed E-state index contributed by atoms with van der Waals surface area (Å²) >= 11 is 0. The van der Waals surface area contributed by atoms with Crippen molar-refractivity contribution >= 4 is 11.6 Å². The molecule has 1 aromatic carbocycles. The number of fused-ring (bicyclic) bond motifs is 1. The van der Waals surface area contributed by atoms with Gasteiger partial charge in [0.05, 0.1) is 26.0 Å². The lowest BCUT2D eigenvalue weighted by atomic mass is 10.0. The van der Waals surface area contributed by atoms with E-state index in [1.807, 2.05) is 56.5 Å². The minimum absolute atomic E-state index is 0.0223. The molecule has 3 aromatic rings. The van der Waals surface area contributed by atoms with Crippen molar-refractivity contribution in [3.8, 4) is 11.5 Å². The molecule has 7 heteroatoms. The van der Waals surface area contributed by atoms with Crippen LogP contribution in [-0.2, 0) is 11.2 Å². The number of carbonyl (C=O) groups excluding carboxylic acids is 1. The Labute approximate surface area is 171 Å². The van der Waals surface area contributed by atoms with Gasteiger partial charge in [-0.2, -0.15) is 5.10 Å². The molecule has 154 valence electrons. The number of carbonyl (C=O) groups is 1. The predicted molar refractivity (Wildman–Crippen MR) is 112 cm³/mol. The number of aryl methyl sites for hydroxylation is 3. The van der Waals surface area contributed by atoms with Gasteiger partial charge in [-0.3, -0.25) is 4.79 Å². The van der Waals surface area contributed by atoms with E-state index in [-0.39, 0.29) is 11.9 Å². The van der Waals surface area contributed by atoms with E-state index in [2.05, 4.69) is 15.4 Å². The minimum atomic E-state index is -0.181. The van der Waals surface area contributed by atoms with Crippen LogP contribution in [-0.4, -0.2) is 34.7 Å². The predicted octanol–water partition coefficient (Wildman–Crippen LogP) is 3.48. The molecule has 1 amide bonds. The Bertz CT molecular complexity index is 1040. The number of methoxy groups -OCH3 is 2. The summed E-state index contributed by atoms with van der Waals surface area (Å²) in [5.41, 5.74) is 5.70. The van der Waals surface area contributed by atoms with E-state index in [1.54, 1.807) is 14.2 Å². The summed E-state index contributed by atoms with van der Waals surface area (Å²) in [5.74, 6) is 1.38. The Morgan fingerprint density at radius 2 is 1.93 bits per heavy atom. The van der Waals surface area contributed by atoms with Crippen LogP contribution in [0.3, 0.4) is 0 Å². The number of hydrogen-bond donors (Lipinski definition) is 1. The lowest BCUT2D eigenvalue weighted by Crippen LogP contribution is -2.27. The van der Waals surface area contributed by atoms with Gasteiger partial charge in [0.15, 0.2) is 5.65 Å². The SMILES string of the molecule is COc1ccc(C(C)NC(=O)CCc2c(C)nc3cc(C)nn3c2C)c(OC)c1. The fourth-order valence-corrected chi connectivity index (χ4v) is 3.61. The lowest BCUT2D eigenvalue weighted by molar-refractivity contribution is -0.121. The van der Waals surface area contributed by atoms with Gasteiger partial charge >= 0.3 is 0 Å². The van der Waals surface area contributed by atoms with Crippen molar-refractivity contribution in [2.45, 2.75) is 46.6 Å². The first-order chi connectivity index (χ1) is 13.8. The van der Waals surface area contributed by atoms with Crippen molar-refractivity contribution in [1.29, 1.82) is 0 Å². The molecule has 0 radical (unpaired) electrons. The van der Waals surface area contributed by atoms with Crippen molar-refractivity contribution in [2.24, 2.45) is 0 Å². The van der Waals surface area contributed by atoms with Gasteiger partial charge in [-0.15, -0.1) is 0 Å². The van der Waals surface area contributed by atoms with Crippen LogP contribution in [0.25, 0.3) is 5.65 Å². The maximum atomic E-state index is 12.6. The van der Waals surface area contributed by atoms with E-state index in [0.717, 1.165) is 33.9 Å². The standard InChI is InChI=1S/C22H28N4O3/c1-13-11-21-23-14(2)18(16(4)26(21)25-13)9-10-22(27)24-15(3)19-8-7-17(28-5)12-20(19)29-6/h7-8,11-12,15H,9-10H2,1-6H3,(H,24,27). The van der Waals surface area contributed by atoms with Gasteiger partial charge in [-0.25, -0.2) is 9.50 Å². The number of hydrogen-bond acceptors (Lipinski definition) is 5. The summed E-state index contributed by atoms with van der Waals surface area (Å²) < 4.78 is 12.5. The third-order valence-corrected chi connectivity index (χ3v) is 5.17. The fraction of sp³-hybridized carbons (Fsp3) is 0.409. The lowest BCUT2D eigenvalue weighted by Gasteiger charge is -2.18. The van der Waals surface area contributed by atoms with Crippen LogP contribution in [0.15, 0.2) is 24.3 Å². The van der Waals surface area contributed by atoms with Gasteiger partial charge in [0.2, 0.25) is 5.91 Å². The van der Waals surface area contributed by atoms with Crippen LogP contribution in [0, 0.1) is 20.8 Å². The summed E-state index contributed by atoms with van der Waals surface area (Å²) in [6.45, 7) is 7.89. The molecule has 0 aliphatic carbocycles. The Hall–Kier alpha value is -3.09. The monoisotopic (exact) mass is 396 g/mol. The van der Waals surface area contributed by atoms with Gasteiger partial charge in [-0.1, -0.05) is 0 Å². The van der Waals surface area contributed by atoms with Crippen LogP contribution in [0.5, 0.6) is 11.5 Å². The molecule has 0 fully saturated rings. The molecule has 0 saturated heterocycles. The normalized spacial score (nSPS) is 12.1. The molecule has 0 aliphatic rings. The van der Waals surface area contributed by atoms with Gasteiger partial charge in [0.1, 0.15) is 11.5 Å². The number of nitrogens with zero attached hydrogens (tertiary/aromatic N) is 3. The number of rotatable bonds is 7. The summed E-state index contributed by atoms with van der Waals surface area (Å²) in [4.78, 5) is 17.2. The smallest absolute Gasteiger partial charge is 0.220 e. The molecule has 0 aliphatic heterocycles. The zero-order chi connectivity index (χ0) is 21.1. The van der Waals surface area contributed by atoms with Crippen LogP contribution < -0.4 is 14.8 Å². The van der Waals surface area contributed by atoms with E-state index in [0.29, 0.717) is 24.3 Å². The molecule has 3 rings (SSSR count). The molecular formula is C22H28N4O3. The minimum Gasteiger partial charge on any atom is -0.497 e. The molecule has 2 heterocycles. The maximum absolute atomic E-state index is 12.6. The average molecular weight is 396 g/mol. The Morgan fingerprint density at radius 1 is 1.17 bits per heavy atom. The first-order valence-electron chi connectivity index (χ1n) is 9.67. The Kier molecular flexibility index (Phi) is 6.06. The number of ether oxygens (including phenoxy) is 2. The maximum Gasteiger partial charge on any atom is 0.220 e. The van der Waals surface area contributed by atoms with Gasteiger partial charge in [0, 0.05) is 35.5 Å². The molecule has 1 unspecified atom stereocenters. The number of benzene rings is 1. The van der Waals surface area contributed by atoms with Crippen LogP contribution in [0.4, 0.5) is 0 Å². The molecular weight excluding hydrogens is 368 g/mol. The molecule has 7 nitrogen and oxygen atoms in total. The summed E-state index contributed by atoms with van der Waals surface area (Å²) in [6, 6.07) is 7.37. The summed E-state index contributed by atoms with van der Waals surface area (Å²) in [7, 11) is 3.22. The van der Waals surface area contributed by atoms with Gasteiger partial charge < -0.3 is 14.8 Å². The van der Waals surface area contributed by atoms with E-state index >= 15 is 0 Å². The van der Waals surface area contributed by atoms with E-state index < -0.39 is 0 Å². The molecule has 1 N–H and O–H groups in total. The third-order valence-electron chi connectivity index (χ3n) is 5.17. The number of amides is 1. The average Bonchev–Trinajstić information content (AvgIpc) is 3.07. The third kappa shape index (κ3) is 4.34. The molecule has 0 saturated carbocycles. The first kappa shape index (κ1) is 20.6. The Balaban J connectivity index is 1.69. The van der Waals surface area contributed by atoms with Crippen LogP contribution in [0.1, 0.15) is 47.6 Å². The first-order valence-corrected chi connectivity index (χ1v) is 9.67. The van der Waals surface area contributed by atoms with Crippen molar-refractivity contribution in [2.75, 3.05) is 14.2 Å². The van der Waals surface area contributed by atoms with E-state index in [4.69, 9.17) is 9.47 Å². The van der Waals surface area contributed by atoms with Gasteiger partial charge in [-0.05, 0) is 51.8 Å². The largest absolute Gasteiger partial charge is 0.497 e. The molecule has 0 bridgehead atoms. The highest BCUT2D eigenvalue weighted by Crippen LogP contribution is 2.29. The summed E-state index contributed by atoms with van der Waals surface area (Å²) in [6.07, 6.45) is 0.982. The molecule has 1 atom stereocenters. The number of aromatic nitrogens is 3. The molecule has 0 spiro atoms. The van der Waals surface area contributed by atoms with Crippen LogP contribution >= 0.6 is 0 Å². The Morgan fingerprint density at radius 3 is 2.62 bits per heavy atom. The zero-order valence-electron chi connectivity index (χ0n) is 17.9. The number of nitrogens with one attached hydrogen (secondary N) is 1. The quantitative estimate of drug-likeness (QED) is 0.662. The van der Waals surface area contributed by atoms with Crippen LogP contribution in [0.2, 0.25) is 0 Å². The molecule has 29 heavy (non-hydrogen) atoms. The second kappa shape index (κ2) is 8.51. The molecule has 2 aromatic heterocycles. The highest BCUT2D eigenvalue weighted by Gasteiger charge is 2.17. The fourth-order valence-electron chi connectivity index (χ4n) is 3.61. The van der Waals surface area contributed by atoms with E-state index in [1.165, 1.54) is 0 Å². The highest BCUT2D eigenvalue weighted by atomic mass is 16.5. The van der Waals surface area contributed by atoms with Gasteiger partial charge in [0.25, 0.3) is 0 Å². The topological polar surface area (TPSA) is 77.8 Å². The zero-order valence-corrected chi connectivity index (χ0v) is 17.9. The summed E-state index contributed by atoms with van der Waals surface area (Å²) in [5, 5.41) is 7.55. The van der Waals surface area contributed by atoms with Crippen molar-refractivity contribution in [3.05, 3.63) is 52.5 Å². The van der Waals surface area contributed by atoms with Crippen molar-refractivity contribution in [3.63, 3.8) is 0 Å². The second-order valence-corrected chi connectivity index (χ2v) is 7.21. The highest BCUT2D eigenvalue weighted by molar-refractivity contribution is 5.77. The second-order valence-electron chi connectivity index (χ2n) is 7.21.